The Labute approximate surface area is 191 Å². The lowest BCUT2D eigenvalue weighted by atomic mass is 9.77. The second-order valence-corrected chi connectivity index (χ2v) is 12.7. The largest absolute Gasteiger partial charge is 0.497 e. The van der Waals surface area contributed by atoms with E-state index < -0.39 is 20.2 Å². The minimum absolute atomic E-state index is 0.00273. The zero-order valence-electron chi connectivity index (χ0n) is 18.8. The molecule has 3 atom stereocenters. The normalized spacial score (nSPS) is 26.8. The van der Waals surface area contributed by atoms with Crippen molar-refractivity contribution in [3.63, 3.8) is 0 Å². The quantitative estimate of drug-likeness (QED) is 0.528. The van der Waals surface area contributed by atoms with Gasteiger partial charge in [-0.05, 0) is 61.3 Å². The van der Waals surface area contributed by atoms with Gasteiger partial charge in [-0.3, -0.25) is 4.90 Å². The fraction of sp³-hybridized carbons (Fsp3) is 0.714. The molecule has 0 spiro atoms. The van der Waals surface area contributed by atoms with Crippen molar-refractivity contribution in [1.29, 1.82) is 0 Å². The van der Waals surface area contributed by atoms with Crippen LogP contribution >= 0.6 is 0 Å². The number of methoxy groups -OCH3 is 1. The van der Waals surface area contributed by atoms with Gasteiger partial charge in [0.2, 0.25) is 10.0 Å². The smallest absolute Gasteiger partial charge is 0.276 e. The first-order valence-corrected chi connectivity index (χ1v) is 14.4. The summed E-state index contributed by atoms with van der Waals surface area (Å²) in [6, 6.07) is 6.47. The zero-order chi connectivity index (χ0) is 22.9. The highest BCUT2D eigenvalue weighted by atomic mass is 32.2. The van der Waals surface area contributed by atoms with Crippen LogP contribution in [-0.2, 0) is 26.7 Å². The number of nitrogens with zero attached hydrogens (tertiary/aromatic N) is 2. The number of piperidine rings is 2. The van der Waals surface area contributed by atoms with Crippen molar-refractivity contribution in [2.45, 2.75) is 44.2 Å². The Morgan fingerprint density at radius 2 is 2.00 bits per heavy atom. The van der Waals surface area contributed by atoms with E-state index in [1.807, 2.05) is 6.07 Å². The van der Waals surface area contributed by atoms with Crippen LogP contribution in [0.5, 0.6) is 5.75 Å². The molecule has 1 aromatic rings. The van der Waals surface area contributed by atoms with Crippen LogP contribution in [-0.4, -0.2) is 78.2 Å². The Morgan fingerprint density at radius 1 is 1.19 bits per heavy atom. The van der Waals surface area contributed by atoms with Crippen molar-refractivity contribution >= 4 is 20.2 Å². The van der Waals surface area contributed by atoms with Crippen LogP contribution in [0.4, 0.5) is 0 Å². The molecule has 3 heterocycles. The zero-order valence-corrected chi connectivity index (χ0v) is 20.4. The molecule has 2 fully saturated rings. The fourth-order valence-electron chi connectivity index (χ4n) is 5.51. The van der Waals surface area contributed by atoms with E-state index in [-0.39, 0.29) is 30.8 Å². The molecule has 0 bridgehead atoms. The molecule has 0 aromatic heterocycles. The van der Waals surface area contributed by atoms with E-state index in [1.54, 1.807) is 11.4 Å². The van der Waals surface area contributed by atoms with E-state index in [0.717, 1.165) is 44.5 Å². The molecule has 4 rings (SSSR count). The molecule has 0 saturated carbocycles. The monoisotopic (exact) mass is 486 g/mol. The summed E-state index contributed by atoms with van der Waals surface area (Å²) in [5, 5.41) is 0. The predicted octanol–water partition coefficient (Wildman–Crippen LogP) is 0.852. The second kappa shape index (κ2) is 9.55. The van der Waals surface area contributed by atoms with E-state index in [9.17, 15) is 16.8 Å². The lowest BCUT2D eigenvalue weighted by molar-refractivity contribution is 0.0219. The molecule has 3 aliphatic rings. The average molecular weight is 487 g/mol. The lowest BCUT2D eigenvalue weighted by Crippen LogP contribution is -2.57. The molecule has 32 heavy (non-hydrogen) atoms. The van der Waals surface area contributed by atoms with Gasteiger partial charge in [0, 0.05) is 45.3 Å². The van der Waals surface area contributed by atoms with Crippen LogP contribution < -0.4 is 14.2 Å². The Bertz CT molecular complexity index is 1030. The van der Waals surface area contributed by atoms with Gasteiger partial charge in [0.05, 0.1) is 12.9 Å². The standard InChI is InChI=1S/C21H34N4O5S2/c1-22-32(28,29)23-9-4-12-31(26,27)25-10-3-5-17-15-24-11-8-16-13-18(30-2)6-7-19(16)21(24)14-20(17)25/h6-7,13,17,20-23H,3-5,8-12,14-15H2,1-2H3/t17-,20+,21-/m0/s1. The van der Waals surface area contributed by atoms with Crippen LogP contribution in [0, 0.1) is 5.92 Å². The van der Waals surface area contributed by atoms with Gasteiger partial charge in [-0.2, -0.15) is 12.7 Å². The summed E-state index contributed by atoms with van der Waals surface area (Å²) in [6.45, 7) is 2.56. The molecule has 9 nitrogen and oxygen atoms in total. The van der Waals surface area contributed by atoms with Gasteiger partial charge in [-0.25, -0.2) is 17.9 Å². The maximum absolute atomic E-state index is 13.2. The van der Waals surface area contributed by atoms with Crippen molar-refractivity contribution in [1.82, 2.24) is 18.6 Å². The first-order valence-electron chi connectivity index (χ1n) is 11.3. The van der Waals surface area contributed by atoms with Gasteiger partial charge < -0.3 is 4.74 Å². The number of sulfonamides is 1. The summed E-state index contributed by atoms with van der Waals surface area (Å²) in [6.07, 6.45) is 3.96. The van der Waals surface area contributed by atoms with E-state index >= 15 is 0 Å². The first-order chi connectivity index (χ1) is 15.2. The number of nitrogens with one attached hydrogen (secondary N) is 2. The molecule has 0 unspecified atom stereocenters. The Kier molecular flexibility index (Phi) is 7.14. The van der Waals surface area contributed by atoms with Crippen molar-refractivity contribution in [3.05, 3.63) is 29.3 Å². The van der Waals surface area contributed by atoms with Crippen LogP contribution in [0.15, 0.2) is 18.2 Å². The highest BCUT2D eigenvalue weighted by molar-refractivity contribution is 7.89. The SMILES string of the molecule is CNS(=O)(=O)NCCCS(=O)(=O)N1CCC[C@H]2CN3CCc4cc(OC)ccc4[C@@H]3C[C@H]21. The van der Waals surface area contributed by atoms with Gasteiger partial charge in [0.15, 0.2) is 0 Å². The predicted molar refractivity (Wildman–Crippen MR) is 123 cm³/mol. The second-order valence-electron chi connectivity index (χ2n) is 8.91. The number of hydrogen-bond donors (Lipinski definition) is 2. The molecule has 11 heteroatoms. The molecule has 3 aliphatic heterocycles. The number of hydrogen-bond acceptors (Lipinski definition) is 6. The molecular formula is C21H34N4O5S2. The van der Waals surface area contributed by atoms with Crippen LogP contribution in [0.2, 0.25) is 0 Å². The summed E-state index contributed by atoms with van der Waals surface area (Å²) in [5.74, 6) is 1.16. The molecule has 2 N–H and O–H groups in total. The average Bonchev–Trinajstić information content (AvgIpc) is 2.79. The Balaban J connectivity index is 1.47. The summed E-state index contributed by atoms with van der Waals surface area (Å²) in [4.78, 5) is 2.53. The molecule has 1 aromatic carbocycles. The highest BCUT2D eigenvalue weighted by Gasteiger charge is 2.45. The number of fused-ring (bicyclic) bond motifs is 4. The molecule has 2 saturated heterocycles. The topological polar surface area (TPSA) is 108 Å². The van der Waals surface area contributed by atoms with E-state index in [2.05, 4.69) is 26.5 Å². The molecule has 180 valence electrons. The molecule has 0 amide bonds. The minimum Gasteiger partial charge on any atom is -0.497 e. The van der Waals surface area contributed by atoms with E-state index in [1.165, 1.54) is 18.2 Å². The van der Waals surface area contributed by atoms with Crippen molar-refractivity contribution in [3.8, 4) is 5.75 Å². The van der Waals surface area contributed by atoms with Gasteiger partial charge in [-0.1, -0.05) is 6.07 Å². The van der Waals surface area contributed by atoms with Crippen molar-refractivity contribution < 1.29 is 21.6 Å². The fourth-order valence-corrected chi connectivity index (χ4v) is 7.89. The van der Waals surface area contributed by atoms with Crippen molar-refractivity contribution in [2.75, 3.05) is 46.1 Å². The summed E-state index contributed by atoms with van der Waals surface area (Å²) in [7, 11) is -4.02. The first kappa shape index (κ1) is 23.9. The maximum atomic E-state index is 13.2. The van der Waals surface area contributed by atoms with Gasteiger partial charge in [0.25, 0.3) is 10.2 Å². The number of ether oxygens (including phenoxy) is 1. The third-order valence-corrected chi connectivity index (χ3v) is 10.2. The Morgan fingerprint density at radius 3 is 2.75 bits per heavy atom. The maximum Gasteiger partial charge on any atom is 0.276 e. The van der Waals surface area contributed by atoms with Gasteiger partial charge in [-0.15, -0.1) is 0 Å². The Hall–Kier alpha value is -1.24. The summed E-state index contributed by atoms with van der Waals surface area (Å²) < 4.78 is 61.1. The highest BCUT2D eigenvalue weighted by Crippen LogP contribution is 2.44. The third-order valence-electron chi connectivity index (χ3n) is 7.12. The lowest BCUT2D eigenvalue weighted by Gasteiger charge is -2.51. The minimum atomic E-state index is -3.55. The molecule has 0 aliphatic carbocycles. The third kappa shape index (κ3) is 4.97. The summed E-state index contributed by atoms with van der Waals surface area (Å²) in [5.41, 5.74) is 2.59. The number of benzene rings is 1. The molecule has 0 radical (unpaired) electrons. The van der Waals surface area contributed by atoms with Crippen molar-refractivity contribution in [2.24, 2.45) is 5.92 Å². The molecular weight excluding hydrogens is 452 g/mol. The van der Waals surface area contributed by atoms with E-state index in [0.29, 0.717) is 12.5 Å². The number of rotatable bonds is 8. The van der Waals surface area contributed by atoms with Gasteiger partial charge >= 0.3 is 0 Å². The van der Waals surface area contributed by atoms with Crippen LogP contribution in [0.25, 0.3) is 0 Å². The van der Waals surface area contributed by atoms with Gasteiger partial charge in [0.1, 0.15) is 5.75 Å². The van der Waals surface area contributed by atoms with E-state index in [4.69, 9.17) is 4.74 Å². The summed E-state index contributed by atoms with van der Waals surface area (Å²) >= 11 is 0. The van der Waals surface area contributed by atoms with Crippen LogP contribution in [0.3, 0.4) is 0 Å². The van der Waals surface area contributed by atoms with Crippen LogP contribution in [0.1, 0.15) is 42.9 Å².